The molecule has 7 nitrogen and oxygen atoms in total. The summed E-state index contributed by atoms with van der Waals surface area (Å²) in [4.78, 5) is 30.1. The zero-order chi connectivity index (χ0) is 18.5. The van der Waals surface area contributed by atoms with Crippen LogP contribution in [-0.2, 0) is 17.9 Å². The zero-order valence-corrected chi connectivity index (χ0v) is 15.9. The number of hydrogen-bond acceptors (Lipinski definition) is 5. The lowest BCUT2D eigenvalue weighted by molar-refractivity contribution is -0.132. The molecule has 3 heterocycles. The molecule has 7 heteroatoms. The molecule has 0 aliphatic carbocycles. The fourth-order valence-electron chi connectivity index (χ4n) is 3.59. The molecule has 1 aliphatic heterocycles. The molecule has 1 aliphatic rings. The number of hydrogen-bond donors (Lipinski definition) is 0. The number of carbonyl (C=O) groups excluding carboxylic acids is 1. The molecule has 0 spiro atoms. The normalized spacial score (nSPS) is 17.2. The van der Waals surface area contributed by atoms with Crippen molar-refractivity contribution in [2.75, 3.05) is 20.6 Å². The first kappa shape index (κ1) is 18.5. The van der Waals surface area contributed by atoms with Gasteiger partial charge in [0, 0.05) is 50.2 Å². The van der Waals surface area contributed by atoms with Crippen molar-refractivity contribution in [1.29, 1.82) is 0 Å². The number of likely N-dealkylation sites (tertiary alicyclic amines) is 1. The first-order valence-corrected chi connectivity index (χ1v) is 9.27. The van der Waals surface area contributed by atoms with Crippen LogP contribution < -0.4 is 0 Å². The second kappa shape index (κ2) is 8.40. The van der Waals surface area contributed by atoms with Crippen molar-refractivity contribution in [3.8, 4) is 0 Å². The largest absolute Gasteiger partial charge is 0.337 e. The van der Waals surface area contributed by atoms with Gasteiger partial charge in [-0.25, -0.2) is 15.0 Å². The number of amides is 1. The van der Waals surface area contributed by atoms with Gasteiger partial charge >= 0.3 is 0 Å². The van der Waals surface area contributed by atoms with Crippen molar-refractivity contribution in [3.05, 3.63) is 42.0 Å². The minimum atomic E-state index is 0.0763. The summed E-state index contributed by atoms with van der Waals surface area (Å²) >= 11 is 0. The van der Waals surface area contributed by atoms with Gasteiger partial charge in [-0.05, 0) is 40.3 Å². The van der Waals surface area contributed by atoms with Crippen molar-refractivity contribution >= 4 is 5.91 Å². The maximum Gasteiger partial charge on any atom is 0.223 e. The molecule has 0 unspecified atom stereocenters. The summed E-state index contributed by atoms with van der Waals surface area (Å²) in [6, 6.07) is 0.0763. The summed E-state index contributed by atoms with van der Waals surface area (Å²) in [5, 5.41) is 0. The third-order valence-corrected chi connectivity index (χ3v) is 4.76. The summed E-state index contributed by atoms with van der Waals surface area (Å²) in [6.07, 6.45) is 10.8. The number of rotatable bonds is 7. The van der Waals surface area contributed by atoms with E-state index >= 15 is 0 Å². The number of aromatic nitrogens is 4. The third-order valence-electron chi connectivity index (χ3n) is 4.76. The van der Waals surface area contributed by atoms with Gasteiger partial charge in [0.1, 0.15) is 5.82 Å². The molecule has 0 aromatic carbocycles. The highest BCUT2D eigenvalue weighted by molar-refractivity contribution is 5.77. The molecule has 140 valence electrons. The van der Waals surface area contributed by atoms with Crippen LogP contribution in [0.15, 0.2) is 24.9 Å². The lowest BCUT2D eigenvalue weighted by Gasteiger charge is -2.27. The van der Waals surface area contributed by atoms with Crippen LogP contribution in [0.3, 0.4) is 0 Å². The minimum Gasteiger partial charge on any atom is -0.337 e. The van der Waals surface area contributed by atoms with E-state index in [0.29, 0.717) is 6.42 Å². The second-order valence-corrected chi connectivity index (χ2v) is 7.21. The lowest BCUT2D eigenvalue weighted by atomic mass is 10.0. The molecule has 0 bridgehead atoms. The maximum absolute atomic E-state index is 12.8. The van der Waals surface area contributed by atoms with Crippen LogP contribution in [0.5, 0.6) is 0 Å². The quantitative estimate of drug-likeness (QED) is 0.761. The van der Waals surface area contributed by atoms with Gasteiger partial charge in [0.25, 0.3) is 0 Å². The highest BCUT2D eigenvalue weighted by atomic mass is 16.2. The molecule has 1 amide bonds. The summed E-state index contributed by atoms with van der Waals surface area (Å²) in [6.45, 7) is 4.34. The van der Waals surface area contributed by atoms with Crippen molar-refractivity contribution in [1.82, 2.24) is 29.3 Å². The molecule has 3 rings (SSSR count). The molecule has 0 N–H and O–H groups in total. The Bertz CT molecular complexity index is 728. The van der Waals surface area contributed by atoms with Gasteiger partial charge < -0.3 is 14.4 Å². The SMILES string of the molecule is Cc1ncc(CN(C)C)c([C@@H]2CCCN2C(=O)CCCn2ccnc2)n1. The Labute approximate surface area is 155 Å². The molecule has 2 aromatic rings. The van der Waals surface area contributed by atoms with E-state index in [2.05, 4.69) is 14.9 Å². The molecule has 26 heavy (non-hydrogen) atoms. The van der Waals surface area contributed by atoms with Crippen LogP contribution in [0.4, 0.5) is 0 Å². The van der Waals surface area contributed by atoms with Gasteiger partial charge in [-0.15, -0.1) is 0 Å². The Morgan fingerprint density at radius 1 is 1.38 bits per heavy atom. The van der Waals surface area contributed by atoms with E-state index in [1.807, 2.05) is 42.9 Å². The van der Waals surface area contributed by atoms with Gasteiger partial charge in [-0.1, -0.05) is 0 Å². The standard InChI is InChI=1S/C19H28N6O/c1-15-21-12-16(13-23(2)3)19(22-15)17-6-4-10-25(17)18(26)7-5-9-24-11-8-20-14-24/h8,11-12,14,17H,4-7,9-10,13H2,1-3H3/t17-/m0/s1. The fraction of sp³-hybridized carbons (Fsp3) is 0.579. The van der Waals surface area contributed by atoms with E-state index in [9.17, 15) is 4.79 Å². The van der Waals surface area contributed by atoms with Gasteiger partial charge in [-0.2, -0.15) is 0 Å². The Morgan fingerprint density at radius 2 is 2.23 bits per heavy atom. The monoisotopic (exact) mass is 356 g/mol. The van der Waals surface area contributed by atoms with Gasteiger partial charge in [-0.3, -0.25) is 4.79 Å². The van der Waals surface area contributed by atoms with Gasteiger partial charge in [0.2, 0.25) is 5.91 Å². The topological polar surface area (TPSA) is 67.2 Å². The third kappa shape index (κ3) is 4.46. The van der Waals surface area contributed by atoms with E-state index in [-0.39, 0.29) is 11.9 Å². The van der Waals surface area contributed by atoms with Crippen LogP contribution in [0.2, 0.25) is 0 Å². The van der Waals surface area contributed by atoms with Crippen molar-refractivity contribution in [3.63, 3.8) is 0 Å². The fourth-order valence-corrected chi connectivity index (χ4v) is 3.59. The Hall–Kier alpha value is -2.28. The predicted molar refractivity (Wildman–Crippen MR) is 99.3 cm³/mol. The van der Waals surface area contributed by atoms with Crippen LogP contribution >= 0.6 is 0 Å². The average Bonchev–Trinajstić information content (AvgIpc) is 3.27. The number of aryl methyl sites for hydroxylation is 2. The van der Waals surface area contributed by atoms with E-state index in [0.717, 1.165) is 56.0 Å². The smallest absolute Gasteiger partial charge is 0.223 e. The molecule has 1 atom stereocenters. The van der Waals surface area contributed by atoms with E-state index in [4.69, 9.17) is 4.98 Å². The van der Waals surface area contributed by atoms with Crippen molar-refractivity contribution in [2.24, 2.45) is 0 Å². The van der Waals surface area contributed by atoms with Crippen LogP contribution in [0, 0.1) is 6.92 Å². The minimum absolute atomic E-state index is 0.0763. The first-order valence-electron chi connectivity index (χ1n) is 9.27. The number of imidazole rings is 1. The highest BCUT2D eigenvalue weighted by Crippen LogP contribution is 2.33. The highest BCUT2D eigenvalue weighted by Gasteiger charge is 2.32. The Kier molecular flexibility index (Phi) is 5.98. The molecular formula is C19H28N6O. The molecule has 2 aromatic heterocycles. The Balaban J connectivity index is 1.69. The number of carbonyl (C=O) groups is 1. The summed E-state index contributed by atoms with van der Waals surface area (Å²) in [5.74, 6) is 0.988. The second-order valence-electron chi connectivity index (χ2n) is 7.21. The van der Waals surface area contributed by atoms with Crippen LogP contribution in [-0.4, -0.2) is 55.9 Å². The zero-order valence-electron chi connectivity index (χ0n) is 15.9. The predicted octanol–water partition coefficient (Wildman–Crippen LogP) is 2.19. The number of nitrogens with zero attached hydrogens (tertiary/aromatic N) is 6. The van der Waals surface area contributed by atoms with Crippen molar-refractivity contribution < 1.29 is 4.79 Å². The summed E-state index contributed by atoms with van der Waals surface area (Å²) in [5.41, 5.74) is 2.13. The summed E-state index contributed by atoms with van der Waals surface area (Å²) in [7, 11) is 4.08. The van der Waals surface area contributed by atoms with Crippen LogP contribution in [0.25, 0.3) is 0 Å². The first-order chi connectivity index (χ1) is 12.5. The lowest BCUT2D eigenvalue weighted by Crippen LogP contribution is -2.32. The van der Waals surface area contributed by atoms with Crippen molar-refractivity contribution in [2.45, 2.75) is 51.7 Å². The Morgan fingerprint density at radius 3 is 2.96 bits per heavy atom. The van der Waals surface area contributed by atoms with E-state index < -0.39 is 0 Å². The maximum atomic E-state index is 12.8. The average molecular weight is 356 g/mol. The molecule has 1 fully saturated rings. The van der Waals surface area contributed by atoms with Crippen LogP contribution in [0.1, 0.15) is 48.8 Å². The molecular weight excluding hydrogens is 328 g/mol. The van der Waals surface area contributed by atoms with Gasteiger partial charge in [0.05, 0.1) is 18.1 Å². The summed E-state index contributed by atoms with van der Waals surface area (Å²) < 4.78 is 2.01. The van der Waals surface area contributed by atoms with E-state index in [1.54, 1.807) is 12.5 Å². The molecule has 1 saturated heterocycles. The molecule has 0 saturated carbocycles. The van der Waals surface area contributed by atoms with Gasteiger partial charge in [0.15, 0.2) is 0 Å². The molecule has 0 radical (unpaired) electrons. The van der Waals surface area contributed by atoms with E-state index in [1.165, 1.54) is 0 Å².